The Morgan fingerprint density at radius 3 is 2.67 bits per heavy atom. The normalized spacial score (nSPS) is 26.5. The zero-order chi connectivity index (χ0) is 15.6. The number of hydrogen-bond acceptors (Lipinski definition) is 4. The minimum atomic E-state index is -0.858. The summed E-state index contributed by atoms with van der Waals surface area (Å²) in [5.74, 6) is -1.65. The van der Waals surface area contributed by atoms with Crippen LogP contribution in [0, 0.1) is 24.7 Å². The minimum absolute atomic E-state index is 0.154. The number of amides is 1. The Morgan fingerprint density at radius 2 is 2.14 bits per heavy atom. The molecule has 1 aromatic rings. The van der Waals surface area contributed by atoms with E-state index in [1.54, 1.807) is 0 Å². The van der Waals surface area contributed by atoms with Crippen LogP contribution in [0.1, 0.15) is 49.9 Å². The first kappa shape index (κ1) is 15.9. The number of carboxylic acids is 1. The smallest absolute Gasteiger partial charge is 0.307 e. The topological polar surface area (TPSA) is 79.3 Å². The summed E-state index contributed by atoms with van der Waals surface area (Å²) in [7, 11) is 0. The van der Waals surface area contributed by atoms with Gasteiger partial charge in [-0.1, -0.05) is 13.3 Å². The Labute approximate surface area is 128 Å². The third kappa shape index (κ3) is 3.61. The number of nitrogens with one attached hydrogen (secondary N) is 1. The van der Waals surface area contributed by atoms with Crippen LogP contribution in [0.15, 0.2) is 5.38 Å². The molecular weight excluding hydrogens is 288 g/mol. The lowest BCUT2D eigenvalue weighted by Gasteiger charge is -2.18. The fourth-order valence-electron chi connectivity index (χ4n) is 2.99. The second-order valence-electron chi connectivity index (χ2n) is 5.85. The molecule has 0 spiro atoms. The number of carbonyl (C=O) groups excluding carboxylic acids is 1. The Morgan fingerprint density at radius 1 is 1.48 bits per heavy atom. The van der Waals surface area contributed by atoms with Crippen molar-refractivity contribution in [2.75, 3.05) is 0 Å². The van der Waals surface area contributed by atoms with Crippen molar-refractivity contribution in [1.29, 1.82) is 0 Å². The van der Waals surface area contributed by atoms with Crippen molar-refractivity contribution in [3.8, 4) is 0 Å². The van der Waals surface area contributed by atoms with Crippen LogP contribution in [0.2, 0.25) is 0 Å². The second-order valence-corrected chi connectivity index (χ2v) is 6.74. The van der Waals surface area contributed by atoms with Crippen molar-refractivity contribution in [3.05, 3.63) is 16.1 Å². The van der Waals surface area contributed by atoms with Gasteiger partial charge in [0, 0.05) is 11.1 Å². The largest absolute Gasteiger partial charge is 0.481 e. The minimum Gasteiger partial charge on any atom is -0.481 e. The molecule has 2 N–H and O–H groups in total. The van der Waals surface area contributed by atoms with Gasteiger partial charge in [-0.15, -0.1) is 11.3 Å². The first-order valence-electron chi connectivity index (χ1n) is 7.37. The van der Waals surface area contributed by atoms with Crippen LogP contribution in [-0.4, -0.2) is 22.0 Å². The first-order valence-corrected chi connectivity index (χ1v) is 8.25. The van der Waals surface area contributed by atoms with E-state index in [-0.39, 0.29) is 11.9 Å². The number of carbonyl (C=O) groups is 2. The monoisotopic (exact) mass is 310 g/mol. The summed E-state index contributed by atoms with van der Waals surface area (Å²) in [6.45, 7) is 5.85. The van der Waals surface area contributed by atoms with E-state index >= 15 is 0 Å². The van der Waals surface area contributed by atoms with Crippen LogP contribution < -0.4 is 5.32 Å². The SMILES string of the molecule is CCC1C[C@H](C(=O)NC(C)c2nc(C)cs2)[C@H](C(=O)O)C1. The van der Waals surface area contributed by atoms with Gasteiger partial charge in [-0.2, -0.15) is 0 Å². The Bertz CT molecular complexity index is 529. The summed E-state index contributed by atoms with van der Waals surface area (Å²) in [4.78, 5) is 28.1. The summed E-state index contributed by atoms with van der Waals surface area (Å²) >= 11 is 1.51. The van der Waals surface area contributed by atoms with E-state index in [0.717, 1.165) is 17.1 Å². The van der Waals surface area contributed by atoms with E-state index in [4.69, 9.17) is 0 Å². The maximum atomic E-state index is 12.4. The number of thiazole rings is 1. The lowest BCUT2D eigenvalue weighted by atomic mass is 9.95. The number of nitrogens with zero attached hydrogens (tertiary/aromatic N) is 1. The van der Waals surface area contributed by atoms with Crippen LogP contribution in [0.3, 0.4) is 0 Å². The molecule has 2 unspecified atom stereocenters. The standard InChI is InChI=1S/C15H22N2O3S/c1-4-10-5-11(12(6-10)15(19)20)13(18)17-9(3)14-16-8(2)7-21-14/h7,9-12H,4-6H2,1-3H3,(H,17,18)(H,19,20)/t9?,10?,11-,12+/m0/s1. The van der Waals surface area contributed by atoms with E-state index in [2.05, 4.69) is 10.3 Å². The number of hydrogen-bond donors (Lipinski definition) is 2. The highest BCUT2D eigenvalue weighted by Crippen LogP contribution is 2.38. The maximum Gasteiger partial charge on any atom is 0.307 e. The Kier molecular flexibility index (Phi) is 4.98. The molecule has 1 aliphatic rings. The predicted molar refractivity (Wildman–Crippen MR) is 81.0 cm³/mol. The third-order valence-corrected chi connectivity index (χ3v) is 5.40. The van der Waals surface area contributed by atoms with Gasteiger partial charge in [0.15, 0.2) is 0 Å². The fraction of sp³-hybridized carbons (Fsp3) is 0.667. The van der Waals surface area contributed by atoms with Gasteiger partial charge in [-0.25, -0.2) is 4.98 Å². The van der Waals surface area contributed by atoms with Crippen molar-refractivity contribution in [1.82, 2.24) is 10.3 Å². The number of aryl methyl sites for hydroxylation is 1. The summed E-state index contributed by atoms with van der Waals surface area (Å²) < 4.78 is 0. The molecule has 1 aromatic heterocycles. The molecular formula is C15H22N2O3S. The molecule has 1 aliphatic carbocycles. The molecule has 6 heteroatoms. The van der Waals surface area contributed by atoms with Crippen LogP contribution in [0.4, 0.5) is 0 Å². The molecule has 5 nitrogen and oxygen atoms in total. The number of rotatable bonds is 5. The molecule has 1 amide bonds. The average Bonchev–Trinajstić information content (AvgIpc) is 3.04. The third-order valence-electron chi connectivity index (χ3n) is 4.26. The van der Waals surface area contributed by atoms with Crippen molar-refractivity contribution in [3.63, 3.8) is 0 Å². The molecule has 4 atom stereocenters. The molecule has 0 saturated heterocycles. The van der Waals surface area contributed by atoms with E-state index < -0.39 is 17.8 Å². The number of carboxylic acid groups (broad SMARTS) is 1. The van der Waals surface area contributed by atoms with E-state index in [0.29, 0.717) is 18.8 Å². The molecule has 1 fully saturated rings. The summed E-state index contributed by atoms with van der Waals surface area (Å²) in [5, 5.41) is 15.0. The molecule has 21 heavy (non-hydrogen) atoms. The number of aliphatic carboxylic acids is 1. The lowest BCUT2D eigenvalue weighted by molar-refractivity contribution is -0.146. The molecule has 0 radical (unpaired) electrons. The van der Waals surface area contributed by atoms with E-state index in [1.165, 1.54) is 11.3 Å². The second kappa shape index (κ2) is 6.56. The zero-order valence-electron chi connectivity index (χ0n) is 12.6. The van der Waals surface area contributed by atoms with Gasteiger partial charge >= 0.3 is 5.97 Å². The zero-order valence-corrected chi connectivity index (χ0v) is 13.4. The quantitative estimate of drug-likeness (QED) is 0.876. The summed E-state index contributed by atoms with van der Waals surface area (Å²) in [6, 6.07) is -0.175. The first-order chi connectivity index (χ1) is 9.92. The molecule has 116 valence electrons. The molecule has 1 saturated carbocycles. The van der Waals surface area contributed by atoms with Crippen LogP contribution in [0.5, 0.6) is 0 Å². The average molecular weight is 310 g/mol. The van der Waals surface area contributed by atoms with Crippen molar-refractivity contribution >= 4 is 23.2 Å². The van der Waals surface area contributed by atoms with Crippen molar-refractivity contribution in [2.45, 2.75) is 46.1 Å². The van der Waals surface area contributed by atoms with Gasteiger partial charge in [-0.05, 0) is 32.6 Å². The Hall–Kier alpha value is -1.43. The van der Waals surface area contributed by atoms with E-state index in [1.807, 2.05) is 26.2 Å². The highest BCUT2D eigenvalue weighted by atomic mass is 32.1. The number of aromatic nitrogens is 1. The predicted octanol–water partition coefficient (Wildman–Crippen LogP) is 2.77. The molecule has 0 aliphatic heterocycles. The molecule has 0 aromatic carbocycles. The molecule has 1 heterocycles. The van der Waals surface area contributed by atoms with Crippen molar-refractivity contribution < 1.29 is 14.7 Å². The van der Waals surface area contributed by atoms with Gasteiger partial charge in [0.25, 0.3) is 0 Å². The van der Waals surface area contributed by atoms with Gasteiger partial charge in [0.2, 0.25) is 5.91 Å². The lowest BCUT2D eigenvalue weighted by Crippen LogP contribution is -2.36. The van der Waals surface area contributed by atoms with Gasteiger partial charge < -0.3 is 10.4 Å². The van der Waals surface area contributed by atoms with Gasteiger partial charge in [0.05, 0.1) is 17.9 Å². The summed E-state index contributed by atoms with van der Waals surface area (Å²) in [5.41, 5.74) is 0.937. The maximum absolute atomic E-state index is 12.4. The van der Waals surface area contributed by atoms with E-state index in [9.17, 15) is 14.7 Å². The molecule has 2 rings (SSSR count). The van der Waals surface area contributed by atoms with Crippen LogP contribution >= 0.6 is 11.3 Å². The highest BCUT2D eigenvalue weighted by Gasteiger charge is 2.42. The fourth-order valence-corrected chi connectivity index (χ4v) is 3.80. The molecule has 0 bridgehead atoms. The van der Waals surface area contributed by atoms with Crippen LogP contribution in [0.25, 0.3) is 0 Å². The highest BCUT2D eigenvalue weighted by molar-refractivity contribution is 7.09. The van der Waals surface area contributed by atoms with Crippen LogP contribution in [-0.2, 0) is 9.59 Å². The summed E-state index contributed by atoms with van der Waals surface area (Å²) in [6.07, 6.45) is 2.20. The Balaban J connectivity index is 2.03. The van der Waals surface area contributed by atoms with Gasteiger partial charge in [0.1, 0.15) is 5.01 Å². The van der Waals surface area contributed by atoms with Gasteiger partial charge in [-0.3, -0.25) is 9.59 Å². The van der Waals surface area contributed by atoms with Crippen molar-refractivity contribution in [2.24, 2.45) is 17.8 Å².